The van der Waals surface area contributed by atoms with Gasteiger partial charge in [0.2, 0.25) is 0 Å². The quantitative estimate of drug-likeness (QED) is 0.767. The fourth-order valence-electron chi connectivity index (χ4n) is 1.41. The molecule has 3 heteroatoms. The molecule has 70 valence electrons. The highest BCUT2D eigenvalue weighted by atomic mass is 19.1. The van der Waals surface area contributed by atoms with Crippen LogP contribution in [0.15, 0.2) is 18.3 Å². The van der Waals surface area contributed by atoms with E-state index in [2.05, 4.69) is 4.98 Å². The maximum absolute atomic E-state index is 13.1. The van der Waals surface area contributed by atoms with Crippen molar-refractivity contribution < 1.29 is 9.50 Å². The standard InChI is InChI=1S/C10H12FNO/c11-8-2-1-5-12-9(8)6-10(13)7-3-4-7/h1-2,5,7,10,13H,3-4,6H2. The largest absolute Gasteiger partial charge is 0.392 e. The Bertz CT molecular complexity index is 299. The zero-order valence-corrected chi connectivity index (χ0v) is 7.28. The highest BCUT2D eigenvalue weighted by Gasteiger charge is 2.30. The number of hydrogen-bond acceptors (Lipinski definition) is 2. The second-order valence-corrected chi connectivity index (χ2v) is 3.54. The Balaban J connectivity index is 2.03. The Kier molecular flexibility index (Phi) is 2.27. The zero-order valence-electron chi connectivity index (χ0n) is 7.28. The molecule has 0 saturated heterocycles. The average Bonchev–Trinajstić information content (AvgIpc) is 2.91. The third-order valence-electron chi connectivity index (χ3n) is 2.40. The van der Waals surface area contributed by atoms with E-state index in [1.165, 1.54) is 6.07 Å². The maximum Gasteiger partial charge on any atom is 0.144 e. The van der Waals surface area contributed by atoms with E-state index in [-0.39, 0.29) is 5.82 Å². The number of nitrogens with zero attached hydrogens (tertiary/aromatic N) is 1. The molecule has 1 saturated carbocycles. The lowest BCUT2D eigenvalue weighted by molar-refractivity contribution is 0.149. The molecular weight excluding hydrogens is 169 g/mol. The van der Waals surface area contributed by atoms with Gasteiger partial charge in [-0.15, -0.1) is 0 Å². The molecule has 1 aliphatic carbocycles. The Labute approximate surface area is 76.4 Å². The van der Waals surface area contributed by atoms with Crippen LogP contribution in [0.25, 0.3) is 0 Å². The van der Waals surface area contributed by atoms with Crippen LogP contribution >= 0.6 is 0 Å². The van der Waals surface area contributed by atoms with Gasteiger partial charge in [-0.3, -0.25) is 4.98 Å². The molecule has 1 heterocycles. The Hall–Kier alpha value is -0.960. The smallest absolute Gasteiger partial charge is 0.144 e. The van der Waals surface area contributed by atoms with Crippen molar-refractivity contribution in [2.24, 2.45) is 5.92 Å². The lowest BCUT2D eigenvalue weighted by Crippen LogP contribution is -2.14. The van der Waals surface area contributed by atoms with Crippen molar-refractivity contribution in [2.45, 2.75) is 25.4 Å². The van der Waals surface area contributed by atoms with Crippen LogP contribution in [0.3, 0.4) is 0 Å². The number of pyridine rings is 1. The average molecular weight is 181 g/mol. The van der Waals surface area contributed by atoms with Crippen LogP contribution in [-0.2, 0) is 6.42 Å². The molecule has 1 aliphatic rings. The van der Waals surface area contributed by atoms with E-state index in [0.717, 1.165) is 12.8 Å². The predicted molar refractivity (Wildman–Crippen MR) is 46.6 cm³/mol. The fraction of sp³-hybridized carbons (Fsp3) is 0.500. The maximum atomic E-state index is 13.1. The van der Waals surface area contributed by atoms with E-state index in [1.54, 1.807) is 12.3 Å². The van der Waals surface area contributed by atoms with Gasteiger partial charge < -0.3 is 5.11 Å². The summed E-state index contributed by atoms with van der Waals surface area (Å²) in [6.45, 7) is 0. The van der Waals surface area contributed by atoms with Crippen LogP contribution in [0.1, 0.15) is 18.5 Å². The second kappa shape index (κ2) is 3.42. The SMILES string of the molecule is OC(Cc1ncccc1F)C1CC1. The van der Waals surface area contributed by atoms with Crippen molar-refractivity contribution in [2.75, 3.05) is 0 Å². The van der Waals surface area contributed by atoms with E-state index in [4.69, 9.17) is 0 Å². The monoisotopic (exact) mass is 181 g/mol. The van der Waals surface area contributed by atoms with E-state index in [0.29, 0.717) is 18.0 Å². The molecule has 2 rings (SSSR count). The van der Waals surface area contributed by atoms with Gasteiger partial charge in [0.1, 0.15) is 5.82 Å². The number of rotatable bonds is 3. The van der Waals surface area contributed by atoms with Crippen molar-refractivity contribution in [3.63, 3.8) is 0 Å². The van der Waals surface area contributed by atoms with Crippen molar-refractivity contribution in [1.29, 1.82) is 0 Å². The first-order chi connectivity index (χ1) is 6.27. The summed E-state index contributed by atoms with van der Waals surface area (Å²) in [5, 5.41) is 9.56. The first-order valence-corrected chi connectivity index (χ1v) is 4.55. The molecule has 0 radical (unpaired) electrons. The molecule has 1 aromatic rings. The lowest BCUT2D eigenvalue weighted by atomic mass is 10.1. The molecule has 0 amide bonds. The molecular formula is C10H12FNO. The van der Waals surface area contributed by atoms with Crippen molar-refractivity contribution in [1.82, 2.24) is 4.98 Å². The molecule has 0 aromatic carbocycles. The number of hydrogen-bond donors (Lipinski definition) is 1. The molecule has 0 aliphatic heterocycles. The highest BCUT2D eigenvalue weighted by molar-refractivity contribution is 5.08. The van der Waals surface area contributed by atoms with E-state index >= 15 is 0 Å². The molecule has 0 spiro atoms. The minimum Gasteiger partial charge on any atom is -0.392 e. The Morgan fingerprint density at radius 2 is 2.38 bits per heavy atom. The normalized spacial score (nSPS) is 18.6. The molecule has 1 aromatic heterocycles. The molecule has 13 heavy (non-hydrogen) atoms. The summed E-state index contributed by atoms with van der Waals surface area (Å²) in [6.07, 6.45) is 3.62. The van der Waals surface area contributed by atoms with Gasteiger partial charge in [-0.2, -0.15) is 0 Å². The summed E-state index contributed by atoms with van der Waals surface area (Å²) in [5.41, 5.74) is 0.377. The van der Waals surface area contributed by atoms with E-state index in [1.807, 2.05) is 0 Å². The first kappa shape index (κ1) is 8.63. The first-order valence-electron chi connectivity index (χ1n) is 4.55. The summed E-state index contributed by atoms with van der Waals surface area (Å²) in [4.78, 5) is 3.89. The number of aliphatic hydroxyl groups is 1. The third-order valence-corrected chi connectivity index (χ3v) is 2.40. The van der Waals surface area contributed by atoms with Gasteiger partial charge in [0, 0.05) is 12.6 Å². The molecule has 1 atom stereocenters. The highest BCUT2D eigenvalue weighted by Crippen LogP contribution is 2.33. The van der Waals surface area contributed by atoms with Gasteiger partial charge in [-0.1, -0.05) is 0 Å². The predicted octanol–water partition coefficient (Wildman–Crippen LogP) is 1.53. The number of aliphatic hydroxyl groups excluding tert-OH is 1. The third kappa shape index (κ3) is 2.04. The van der Waals surface area contributed by atoms with Gasteiger partial charge in [0.05, 0.1) is 11.8 Å². The Morgan fingerprint density at radius 1 is 1.62 bits per heavy atom. The van der Waals surface area contributed by atoms with Gasteiger partial charge in [-0.05, 0) is 30.9 Å². The number of aromatic nitrogens is 1. The van der Waals surface area contributed by atoms with Gasteiger partial charge in [0.15, 0.2) is 0 Å². The van der Waals surface area contributed by atoms with Crippen LogP contribution in [-0.4, -0.2) is 16.2 Å². The van der Waals surface area contributed by atoms with Crippen LogP contribution in [0, 0.1) is 11.7 Å². The van der Waals surface area contributed by atoms with Crippen molar-refractivity contribution in [3.8, 4) is 0 Å². The van der Waals surface area contributed by atoms with Crippen LogP contribution in [0.4, 0.5) is 4.39 Å². The fourth-order valence-corrected chi connectivity index (χ4v) is 1.41. The Morgan fingerprint density at radius 3 is 3.00 bits per heavy atom. The minimum absolute atomic E-state index is 0.317. The van der Waals surface area contributed by atoms with Gasteiger partial charge in [-0.25, -0.2) is 4.39 Å². The second-order valence-electron chi connectivity index (χ2n) is 3.54. The lowest BCUT2D eigenvalue weighted by Gasteiger charge is -2.08. The van der Waals surface area contributed by atoms with Crippen LogP contribution < -0.4 is 0 Å². The van der Waals surface area contributed by atoms with Gasteiger partial charge in [0.25, 0.3) is 0 Å². The summed E-state index contributed by atoms with van der Waals surface area (Å²) in [6, 6.07) is 2.93. The van der Waals surface area contributed by atoms with E-state index < -0.39 is 6.10 Å². The van der Waals surface area contributed by atoms with Crippen LogP contribution in [0.5, 0.6) is 0 Å². The van der Waals surface area contributed by atoms with Crippen molar-refractivity contribution in [3.05, 3.63) is 29.8 Å². The topological polar surface area (TPSA) is 33.1 Å². The molecule has 2 nitrogen and oxygen atoms in total. The summed E-state index contributed by atoms with van der Waals surface area (Å²) >= 11 is 0. The molecule has 1 unspecified atom stereocenters. The summed E-state index contributed by atoms with van der Waals surface area (Å²) in [7, 11) is 0. The van der Waals surface area contributed by atoms with E-state index in [9.17, 15) is 9.50 Å². The van der Waals surface area contributed by atoms with Crippen molar-refractivity contribution >= 4 is 0 Å². The summed E-state index contributed by atoms with van der Waals surface area (Å²) < 4.78 is 13.1. The zero-order chi connectivity index (χ0) is 9.26. The van der Waals surface area contributed by atoms with Crippen LogP contribution in [0.2, 0.25) is 0 Å². The molecule has 1 N–H and O–H groups in total. The summed E-state index contributed by atoms with van der Waals surface area (Å²) in [5.74, 6) is 0.0589. The minimum atomic E-state index is -0.413. The molecule has 1 fully saturated rings. The van der Waals surface area contributed by atoms with Gasteiger partial charge >= 0.3 is 0 Å². The molecule has 0 bridgehead atoms. The number of halogens is 1.